The van der Waals surface area contributed by atoms with E-state index in [1.54, 1.807) is 13.8 Å². The molecule has 1 aliphatic heterocycles. The van der Waals surface area contributed by atoms with Crippen LogP contribution in [0.15, 0.2) is 40.3 Å². The summed E-state index contributed by atoms with van der Waals surface area (Å²) in [5, 5.41) is 0.198. The van der Waals surface area contributed by atoms with Crippen molar-refractivity contribution >= 4 is 46.8 Å². The Morgan fingerprint density at radius 3 is 2.20 bits per heavy atom. The Morgan fingerprint density at radius 1 is 1.07 bits per heavy atom. The number of carbonyl (C=O) groups excluding carboxylic acids is 2. The molecule has 3 rings (SSSR count). The van der Waals surface area contributed by atoms with Gasteiger partial charge in [-0.15, -0.1) is 0 Å². The molecule has 1 aliphatic rings. The van der Waals surface area contributed by atoms with Crippen LogP contribution in [0.2, 0.25) is 5.02 Å². The normalized spacial score (nSPS) is 15.3. The van der Waals surface area contributed by atoms with Crippen LogP contribution in [0.25, 0.3) is 17.4 Å². The number of rotatable bonds is 4. The average Bonchev–Trinajstić information content (AvgIpc) is 3.14. The van der Waals surface area contributed by atoms with Gasteiger partial charge in [0.15, 0.2) is 5.11 Å². The minimum Gasteiger partial charge on any atom is -0.457 e. The standard InChI is InChI=1S/C20H16ClF3N2O3S/c1-3-25-17(27)14(18(28)26(4-2)19(25)30)10-12-6-8-16(29-12)13-9-11(20(22,23)24)5-7-15(13)21/h5-10H,3-4H2,1-2H3. The Bertz CT molecular complexity index is 1030. The van der Waals surface area contributed by atoms with E-state index in [2.05, 4.69) is 0 Å². The lowest BCUT2D eigenvalue weighted by molar-refractivity contribution is -0.137. The highest BCUT2D eigenvalue weighted by atomic mass is 35.5. The van der Waals surface area contributed by atoms with Gasteiger partial charge in [0.05, 0.1) is 10.6 Å². The molecule has 1 aromatic carbocycles. The van der Waals surface area contributed by atoms with Crippen molar-refractivity contribution in [2.24, 2.45) is 0 Å². The Hall–Kier alpha value is -2.65. The number of likely N-dealkylation sites (N-methyl/N-ethyl adjacent to an activating group) is 2. The van der Waals surface area contributed by atoms with Gasteiger partial charge >= 0.3 is 6.18 Å². The second kappa shape index (κ2) is 8.23. The predicted molar refractivity (Wildman–Crippen MR) is 110 cm³/mol. The maximum Gasteiger partial charge on any atom is 0.416 e. The van der Waals surface area contributed by atoms with E-state index >= 15 is 0 Å². The van der Waals surface area contributed by atoms with Crippen molar-refractivity contribution in [2.75, 3.05) is 13.1 Å². The lowest BCUT2D eigenvalue weighted by atomic mass is 10.1. The largest absolute Gasteiger partial charge is 0.457 e. The van der Waals surface area contributed by atoms with Gasteiger partial charge in [0, 0.05) is 18.7 Å². The van der Waals surface area contributed by atoms with Crippen LogP contribution >= 0.6 is 23.8 Å². The van der Waals surface area contributed by atoms with Gasteiger partial charge in [-0.25, -0.2) is 0 Å². The summed E-state index contributed by atoms with van der Waals surface area (Å²) in [6.45, 7) is 4.02. The Morgan fingerprint density at radius 2 is 1.67 bits per heavy atom. The number of benzene rings is 1. The van der Waals surface area contributed by atoms with Crippen LogP contribution in [-0.4, -0.2) is 39.8 Å². The molecule has 0 bridgehead atoms. The monoisotopic (exact) mass is 456 g/mol. The molecule has 2 aromatic rings. The fourth-order valence-electron chi connectivity index (χ4n) is 2.99. The van der Waals surface area contributed by atoms with Crippen LogP contribution < -0.4 is 0 Å². The minimum atomic E-state index is -4.54. The van der Waals surface area contributed by atoms with Gasteiger partial charge in [-0.2, -0.15) is 13.2 Å². The number of thiocarbonyl (C=S) groups is 1. The van der Waals surface area contributed by atoms with Gasteiger partial charge in [0.1, 0.15) is 17.1 Å². The number of alkyl halides is 3. The van der Waals surface area contributed by atoms with Crippen LogP contribution in [0.1, 0.15) is 25.2 Å². The van der Waals surface area contributed by atoms with Crippen molar-refractivity contribution in [2.45, 2.75) is 20.0 Å². The maximum atomic E-state index is 13.0. The van der Waals surface area contributed by atoms with E-state index in [1.807, 2.05) is 0 Å². The smallest absolute Gasteiger partial charge is 0.416 e. The van der Waals surface area contributed by atoms with E-state index in [1.165, 1.54) is 28.0 Å². The second-order valence-electron chi connectivity index (χ2n) is 6.33. The highest BCUT2D eigenvalue weighted by Crippen LogP contribution is 2.36. The van der Waals surface area contributed by atoms with Gasteiger partial charge in [-0.1, -0.05) is 11.6 Å². The van der Waals surface area contributed by atoms with E-state index in [0.717, 1.165) is 18.2 Å². The topological polar surface area (TPSA) is 53.8 Å². The van der Waals surface area contributed by atoms with E-state index < -0.39 is 23.6 Å². The number of hydrogen-bond donors (Lipinski definition) is 0. The van der Waals surface area contributed by atoms with Gasteiger partial charge in [-0.3, -0.25) is 19.4 Å². The first kappa shape index (κ1) is 22.0. The molecule has 1 saturated heterocycles. The van der Waals surface area contributed by atoms with Crippen molar-refractivity contribution in [1.29, 1.82) is 0 Å². The molecule has 0 saturated carbocycles. The van der Waals surface area contributed by atoms with Gasteiger partial charge in [0.25, 0.3) is 11.8 Å². The van der Waals surface area contributed by atoms with Crippen molar-refractivity contribution in [3.05, 3.63) is 52.3 Å². The zero-order valence-corrected chi connectivity index (χ0v) is 17.5. The SMILES string of the molecule is CCN1C(=O)C(=Cc2ccc(-c3cc(C(F)(F)F)ccc3Cl)o2)C(=O)N(CC)C1=S. The number of halogens is 4. The summed E-state index contributed by atoms with van der Waals surface area (Å²) < 4.78 is 44.6. The Kier molecular flexibility index (Phi) is 6.05. The molecule has 0 unspecified atom stereocenters. The number of amides is 2. The van der Waals surface area contributed by atoms with Crippen molar-refractivity contribution < 1.29 is 27.2 Å². The molecule has 0 atom stereocenters. The highest BCUT2D eigenvalue weighted by molar-refractivity contribution is 7.80. The van der Waals surface area contributed by atoms with Gasteiger partial charge in [-0.05, 0) is 62.5 Å². The molecule has 0 aliphatic carbocycles. The van der Waals surface area contributed by atoms with Crippen LogP contribution in [0.4, 0.5) is 13.2 Å². The molecule has 2 heterocycles. The Labute approximate surface area is 180 Å². The molecular formula is C20H16ClF3N2O3S. The Balaban J connectivity index is 2.00. The third kappa shape index (κ3) is 3.99. The van der Waals surface area contributed by atoms with Crippen LogP contribution in [0, 0.1) is 0 Å². The molecule has 1 fully saturated rings. The van der Waals surface area contributed by atoms with Crippen LogP contribution in [-0.2, 0) is 15.8 Å². The first-order valence-corrected chi connectivity index (χ1v) is 9.73. The summed E-state index contributed by atoms with van der Waals surface area (Å²) in [5.74, 6) is -0.932. The third-order valence-corrected chi connectivity index (χ3v) is 5.29. The highest BCUT2D eigenvalue weighted by Gasteiger charge is 2.38. The van der Waals surface area contributed by atoms with E-state index in [-0.39, 0.29) is 45.9 Å². The molecule has 0 radical (unpaired) electrons. The molecular weight excluding hydrogens is 441 g/mol. The molecule has 0 N–H and O–H groups in total. The number of nitrogens with zero attached hydrogens (tertiary/aromatic N) is 2. The fraction of sp³-hybridized carbons (Fsp3) is 0.250. The molecule has 0 spiro atoms. The van der Waals surface area contributed by atoms with Gasteiger partial charge < -0.3 is 4.42 Å². The zero-order valence-electron chi connectivity index (χ0n) is 15.9. The summed E-state index contributed by atoms with van der Waals surface area (Å²) in [4.78, 5) is 27.9. The van der Waals surface area contributed by atoms with E-state index in [9.17, 15) is 22.8 Å². The quantitative estimate of drug-likeness (QED) is 0.369. The predicted octanol–water partition coefficient (Wildman–Crippen LogP) is 5.00. The molecule has 158 valence electrons. The van der Waals surface area contributed by atoms with E-state index in [4.69, 9.17) is 28.2 Å². The zero-order chi connectivity index (χ0) is 22.2. The summed E-state index contributed by atoms with van der Waals surface area (Å²) in [6, 6.07) is 5.75. The molecule has 1 aromatic heterocycles. The molecule has 2 amide bonds. The third-order valence-electron chi connectivity index (χ3n) is 4.52. The van der Waals surface area contributed by atoms with E-state index in [0.29, 0.717) is 0 Å². The van der Waals surface area contributed by atoms with Crippen LogP contribution in [0.5, 0.6) is 0 Å². The molecule has 30 heavy (non-hydrogen) atoms. The average molecular weight is 457 g/mol. The number of hydrogen-bond acceptors (Lipinski definition) is 4. The summed E-state index contributed by atoms with van der Waals surface area (Å²) in [6.07, 6.45) is -3.29. The second-order valence-corrected chi connectivity index (χ2v) is 7.11. The number of furan rings is 1. The number of carbonyl (C=O) groups is 2. The lowest BCUT2D eigenvalue weighted by Gasteiger charge is -2.35. The molecule has 10 heteroatoms. The van der Waals surface area contributed by atoms with Crippen molar-refractivity contribution in [1.82, 2.24) is 9.80 Å². The summed E-state index contributed by atoms with van der Waals surface area (Å²) >= 11 is 11.2. The maximum absolute atomic E-state index is 13.0. The van der Waals surface area contributed by atoms with Crippen molar-refractivity contribution in [3.8, 4) is 11.3 Å². The fourth-order valence-corrected chi connectivity index (χ4v) is 3.63. The van der Waals surface area contributed by atoms with Gasteiger partial charge in [0.2, 0.25) is 0 Å². The van der Waals surface area contributed by atoms with Crippen molar-refractivity contribution in [3.63, 3.8) is 0 Å². The van der Waals surface area contributed by atoms with Crippen LogP contribution in [0.3, 0.4) is 0 Å². The first-order chi connectivity index (χ1) is 14.1. The summed E-state index contributed by atoms with van der Waals surface area (Å²) in [5.41, 5.74) is -0.978. The first-order valence-electron chi connectivity index (χ1n) is 8.94. The molecule has 5 nitrogen and oxygen atoms in total. The lowest BCUT2D eigenvalue weighted by Crippen LogP contribution is -2.55. The summed E-state index contributed by atoms with van der Waals surface area (Å²) in [7, 11) is 0. The minimum absolute atomic E-state index is 0.0454.